The van der Waals surface area contributed by atoms with Gasteiger partial charge in [-0.05, 0) is 49.1 Å². The Kier molecular flexibility index (Phi) is 3.96. The summed E-state index contributed by atoms with van der Waals surface area (Å²) in [6.07, 6.45) is 1.02. The maximum atomic E-state index is 5.54. The zero-order chi connectivity index (χ0) is 10.6. The van der Waals surface area contributed by atoms with Gasteiger partial charge in [0.25, 0.3) is 0 Å². The van der Waals surface area contributed by atoms with Crippen LogP contribution in [0.15, 0.2) is 18.2 Å². The number of rotatable bonds is 4. The van der Waals surface area contributed by atoms with Crippen LogP contribution in [0.3, 0.4) is 0 Å². The highest BCUT2D eigenvalue weighted by Crippen LogP contribution is 2.24. The van der Waals surface area contributed by atoms with Gasteiger partial charge in [0.15, 0.2) is 0 Å². The molecule has 0 radical (unpaired) electrons. The van der Waals surface area contributed by atoms with Crippen LogP contribution in [0.4, 0.5) is 0 Å². The summed E-state index contributed by atoms with van der Waals surface area (Å²) in [5.74, 6) is 1.44. The Morgan fingerprint density at radius 3 is 2.64 bits per heavy atom. The van der Waals surface area contributed by atoms with Crippen LogP contribution in [0.2, 0.25) is 0 Å². The topological polar surface area (TPSA) is 35.2 Å². The molecule has 2 heteroatoms. The average molecular weight is 193 g/mol. The predicted octanol–water partition coefficient (Wildman–Crippen LogP) is 2.46. The SMILES string of the molecule is COc1cc(C)cc(C(C)CCN)c1. The van der Waals surface area contributed by atoms with Crippen LogP contribution in [0, 0.1) is 6.92 Å². The van der Waals surface area contributed by atoms with Gasteiger partial charge in [-0.15, -0.1) is 0 Å². The number of methoxy groups -OCH3 is 1. The van der Waals surface area contributed by atoms with Gasteiger partial charge >= 0.3 is 0 Å². The molecular weight excluding hydrogens is 174 g/mol. The Morgan fingerprint density at radius 2 is 2.07 bits per heavy atom. The molecule has 1 atom stereocenters. The summed E-state index contributed by atoms with van der Waals surface area (Å²) in [7, 11) is 1.70. The van der Waals surface area contributed by atoms with Crippen molar-refractivity contribution < 1.29 is 4.74 Å². The summed E-state index contributed by atoms with van der Waals surface area (Å²) >= 11 is 0. The van der Waals surface area contributed by atoms with Gasteiger partial charge in [-0.1, -0.05) is 13.0 Å². The smallest absolute Gasteiger partial charge is 0.119 e. The van der Waals surface area contributed by atoms with E-state index >= 15 is 0 Å². The maximum absolute atomic E-state index is 5.54. The molecule has 14 heavy (non-hydrogen) atoms. The minimum atomic E-state index is 0.508. The summed E-state index contributed by atoms with van der Waals surface area (Å²) in [4.78, 5) is 0. The molecule has 0 aliphatic rings. The van der Waals surface area contributed by atoms with E-state index in [1.807, 2.05) is 6.07 Å². The highest BCUT2D eigenvalue weighted by Gasteiger charge is 2.06. The van der Waals surface area contributed by atoms with Crippen LogP contribution in [0.1, 0.15) is 30.4 Å². The zero-order valence-electron chi connectivity index (χ0n) is 9.21. The van der Waals surface area contributed by atoms with Crippen molar-refractivity contribution in [1.82, 2.24) is 0 Å². The molecule has 1 aromatic rings. The molecule has 1 unspecified atom stereocenters. The number of hydrogen-bond acceptors (Lipinski definition) is 2. The Hall–Kier alpha value is -1.02. The zero-order valence-corrected chi connectivity index (χ0v) is 9.21. The van der Waals surface area contributed by atoms with E-state index < -0.39 is 0 Å². The quantitative estimate of drug-likeness (QED) is 0.797. The lowest BCUT2D eigenvalue weighted by Gasteiger charge is -2.12. The number of ether oxygens (including phenoxy) is 1. The van der Waals surface area contributed by atoms with Gasteiger partial charge in [0.1, 0.15) is 5.75 Å². The first kappa shape index (κ1) is 11.1. The lowest BCUT2D eigenvalue weighted by molar-refractivity contribution is 0.413. The monoisotopic (exact) mass is 193 g/mol. The maximum Gasteiger partial charge on any atom is 0.119 e. The normalized spacial score (nSPS) is 12.6. The molecule has 0 aliphatic heterocycles. The first-order valence-electron chi connectivity index (χ1n) is 5.03. The number of benzene rings is 1. The third-order valence-corrected chi connectivity index (χ3v) is 2.48. The second kappa shape index (κ2) is 5.01. The van der Waals surface area contributed by atoms with Gasteiger partial charge in [-0.3, -0.25) is 0 Å². The summed E-state index contributed by atoms with van der Waals surface area (Å²) in [6.45, 7) is 5.01. The molecule has 0 spiro atoms. The van der Waals surface area contributed by atoms with Gasteiger partial charge in [0.2, 0.25) is 0 Å². The Balaban J connectivity index is 2.90. The highest BCUT2D eigenvalue weighted by atomic mass is 16.5. The van der Waals surface area contributed by atoms with Crippen LogP contribution < -0.4 is 10.5 Å². The van der Waals surface area contributed by atoms with Crippen molar-refractivity contribution in [3.63, 3.8) is 0 Å². The molecule has 0 heterocycles. The second-order valence-corrected chi connectivity index (χ2v) is 3.76. The minimum Gasteiger partial charge on any atom is -0.497 e. The lowest BCUT2D eigenvalue weighted by Crippen LogP contribution is -2.04. The third kappa shape index (κ3) is 2.74. The average Bonchev–Trinajstić information content (AvgIpc) is 2.17. The van der Waals surface area contributed by atoms with Crippen molar-refractivity contribution in [3.05, 3.63) is 29.3 Å². The molecule has 1 aromatic carbocycles. The highest BCUT2D eigenvalue weighted by molar-refractivity contribution is 5.35. The van der Waals surface area contributed by atoms with Crippen molar-refractivity contribution in [3.8, 4) is 5.75 Å². The van der Waals surface area contributed by atoms with Gasteiger partial charge < -0.3 is 10.5 Å². The van der Waals surface area contributed by atoms with Crippen LogP contribution in [-0.4, -0.2) is 13.7 Å². The van der Waals surface area contributed by atoms with E-state index in [0.29, 0.717) is 5.92 Å². The molecule has 0 saturated carbocycles. The van der Waals surface area contributed by atoms with Gasteiger partial charge in [0.05, 0.1) is 7.11 Å². The van der Waals surface area contributed by atoms with E-state index in [-0.39, 0.29) is 0 Å². The molecule has 78 valence electrons. The summed E-state index contributed by atoms with van der Waals surface area (Å²) in [6, 6.07) is 6.33. The summed E-state index contributed by atoms with van der Waals surface area (Å²) < 4.78 is 5.23. The molecule has 2 nitrogen and oxygen atoms in total. The van der Waals surface area contributed by atoms with Crippen molar-refractivity contribution in [1.29, 1.82) is 0 Å². The minimum absolute atomic E-state index is 0.508. The fourth-order valence-corrected chi connectivity index (χ4v) is 1.60. The Labute approximate surface area is 86.1 Å². The number of aryl methyl sites for hydroxylation is 1. The fourth-order valence-electron chi connectivity index (χ4n) is 1.60. The van der Waals surface area contributed by atoms with Crippen LogP contribution in [0.25, 0.3) is 0 Å². The molecular formula is C12H19NO. The summed E-state index contributed by atoms with van der Waals surface area (Å²) in [5, 5.41) is 0. The van der Waals surface area contributed by atoms with E-state index in [9.17, 15) is 0 Å². The third-order valence-electron chi connectivity index (χ3n) is 2.48. The molecule has 2 N–H and O–H groups in total. The van der Waals surface area contributed by atoms with Gasteiger partial charge in [0, 0.05) is 0 Å². The molecule has 1 rings (SSSR count). The molecule has 0 bridgehead atoms. The molecule has 0 amide bonds. The standard InChI is InChI=1S/C12H19NO/c1-9-6-11(10(2)4-5-13)8-12(7-9)14-3/h6-8,10H,4-5,13H2,1-3H3. The van der Waals surface area contributed by atoms with E-state index in [1.165, 1.54) is 11.1 Å². The Morgan fingerprint density at radius 1 is 1.36 bits per heavy atom. The van der Waals surface area contributed by atoms with Crippen LogP contribution >= 0.6 is 0 Å². The first-order chi connectivity index (χ1) is 6.67. The van der Waals surface area contributed by atoms with Crippen molar-refractivity contribution in [2.75, 3.05) is 13.7 Å². The van der Waals surface area contributed by atoms with Crippen molar-refractivity contribution in [2.45, 2.75) is 26.2 Å². The Bertz CT molecular complexity index is 296. The van der Waals surface area contributed by atoms with Gasteiger partial charge in [-0.25, -0.2) is 0 Å². The molecule has 0 aromatic heterocycles. The van der Waals surface area contributed by atoms with Crippen LogP contribution in [0.5, 0.6) is 5.75 Å². The molecule has 0 saturated heterocycles. The first-order valence-corrected chi connectivity index (χ1v) is 5.03. The van der Waals surface area contributed by atoms with E-state index in [1.54, 1.807) is 7.11 Å². The molecule has 0 aliphatic carbocycles. The van der Waals surface area contributed by atoms with E-state index in [4.69, 9.17) is 10.5 Å². The lowest BCUT2D eigenvalue weighted by atomic mass is 9.96. The number of hydrogen-bond donors (Lipinski definition) is 1. The number of nitrogens with two attached hydrogens (primary N) is 1. The second-order valence-electron chi connectivity index (χ2n) is 3.76. The fraction of sp³-hybridized carbons (Fsp3) is 0.500. The van der Waals surface area contributed by atoms with E-state index in [2.05, 4.69) is 26.0 Å². The van der Waals surface area contributed by atoms with Crippen molar-refractivity contribution in [2.24, 2.45) is 5.73 Å². The summed E-state index contributed by atoms with van der Waals surface area (Å²) in [5.41, 5.74) is 8.10. The predicted molar refractivity (Wildman–Crippen MR) is 59.8 cm³/mol. The van der Waals surface area contributed by atoms with E-state index in [0.717, 1.165) is 18.7 Å². The molecule has 0 fully saturated rings. The van der Waals surface area contributed by atoms with Crippen LogP contribution in [-0.2, 0) is 0 Å². The van der Waals surface area contributed by atoms with Crippen molar-refractivity contribution >= 4 is 0 Å². The van der Waals surface area contributed by atoms with Gasteiger partial charge in [-0.2, -0.15) is 0 Å². The largest absolute Gasteiger partial charge is 0.497 e.